The zero-order valence-electron chi connectivity index (χ0n) is 2.82. The van der Waals surface area contributed by atoms with Gasteiger partial charge in [0.15, 0.2) is 0 Å². The van der Waals surface area contributed by atoms with Crippen LogP contribution in [0.5, 0.6) is 0 Å². The van der Waals surface area contributed by atoms with E-state index in [1.807, 2.05) is 0 Å². The Hall–Kier alpha value is -0.0400. The van der Waals surface area contributed by atoms with Gasteiger partial charge in [0, 0.05) is 12.8 Å². The van der Waals surface area contributed by atoms with E-state index in [0.717, 1.165) is 0 Å². The van der Waals surface area contributed by atoms with E-state index in [1.54, 1.807) is 0 Å². The molecule has 0 unspecified atom stereocenters. The second kappa shape index (κ2) is 0.432. The van der Waals surface area contributed by atoms with Gasteiger partial charge in [-0.3, -0.25) is 0 Å². The largest absolute Gasteiger partial charge is 0.362 e. The Morgan fingerprint density at radius 3 is 1.40 bits per heavy atom. The monoisotopic (exact) mass is 68.0 g/mol. The van der Waals surface area contributed by atoms with Gasteiger partial charge < -0.3 is 4.74 Å². The summed E-state index contributed by atoms with van der Waals surface area (Å²) in [6, 6.07) is 0. The maximum Gasteiger partial charge on any atom is 0.104 e. The summed E-state index contributed by atoms with van der Waals surface area (Å²) in [4.78, 5) is 0. The molecule has 0 aromatic rings. The first-order valence-electron chi connectivity index (χ1n) is 1.82. The minimum atomic E-state index is 1.19. The molecule has 2 aliphatic heterocycles. The highest BCUT2D eigenvalue weighted by Crippen LogP contribution is 2.53. The van der Waals surface area contributed by atoms with Crippen molar-refractivity contribution >= 4 is 0 Å². The fourth-order valence-corrected chi connectivity index (χ4v) is 0.576. The summed E-state index contributed by atoms with van der Waals surface area (Å²) in [5.74, 6) is 0. The van der Waals surface area contributed by atoms with E-state index in [1.165, 1.54) is 25.0 Å². The van der Waals surface area contributed by atoms with Crippen LogP contribution in [0, 0.1) is 12.2 Å². The molecule has 2 saturated heterocycles. The van der Waals surface area contributed by atoms with Crippen molar-refractivity contribution < 1.29 is 4.74 Å². The highest BCUT2D eigenvalue weighted by atomic mass is 16.5. The standard InChI is InChI=1S/C4H4O/c1-3-2-4(1)5-3/h1-2H2. The fourth-order valence-electron chi connectivity index (χ4n) is 0.576. The molecular weight excluding hydrogens is 64.0 g/mol. The van der Waals surface area contributed by atoms with E-state index >= 15 is 0 Å². The Morgan fingerprint density at radius 1 is 1.20 bits per heavy atom. The highest BCUT2D eigenvalue weighted by Gasteiger charge is 2.45. The average Bonchev–Trinajstić information content (AvgIpc) is 0.592. The molecule has 1 nitrogen and oxygen atoms in total. The third-order valence-electron chi connectivity index (χ3n) is 1.08. The molecule has 1 saturated carbocycles. The van der Waals surface area contributed by atoms with Gasteiger partial charge in [0.25, 0.3) is 0 Å². The lowest BCUT2D eigenvalue weighted by molar-refractivity contribution is -0.0600. The lowest BCUT2D eigenvalue weighted by Crippen LogP contribution is -2.37. The Balaban J connectivity index is 2.19. The molecule has 0 aromatic carbocycles. The molecule has 2 radical (unpaired) electrons. The molecular formula is C4H4O. The van der Waals surface area contributed by atoms with Crippen molar-refractivity contribution in [3.05, 3.63) is 12.2 Å². The quantitative estimate of drug-likeness (QED) is 0.409. The zero-order chi connectivity index (χ0) is 3.28. The van der Waals surface area contributed by atoms with Crippen LogP contribution < -0.4 is 0 Å². The first-order valence-corrected chi connectivity index (χ1v) is 1.82. The Labute approximate surface area is 30.9 Å². The molecule has 2 bridgehead atoms. The van der Waals surface area contributed by atoms with Gasteiger partial charge in [0.05, 0.1) is 0 Å². The maximum atomic E-state index is 4.86. The third kappa shape index (κ3) is 0.106. The van der Waals surface area contributed by atoms with E-state index in [-0.39, 0.29) is 0 Å². The topological polar surface area (TPSA) is 9.23 Å². The van der Waals surface area contributed by atoms with Crippen LogP contribution in [-0.4, -0.2) is 0 Å². The van der Waals surface area contributed by atoms with Gasteiger partial charge in [0.1, 0.15) is 12.2 Å². The van der Waals surface area contributed by atoms with E-state index in [9.17, 15) is 0 Å². The number of ether oxygens (including phenoxy) is 1. The van der Waals surface area contributed by atoms with Gasteiger partial charge in [-0.2, -0.15) is 0 Å². The van der Waals surface area contributed by atoms with Gasteiger partial charge in [-0.15, -0.1) is 0 Å². The van der Waals surface area contributed by atoms with Crippen LogP contribution in [-0.2, 0) is 4.74 Å². The van der Waals surface area contributed by atoms with E-state index in [4.69, 9.17) is 4.74 Å². The van der Waals surface area contributed by atoms with E-state index in [2.05, 4.69) is 0 Å². The van der Waals surface area contributed by atoms with Crippen LogP contribution in [0.15, 0.2) is 0 Å². The van der Waals surface area contributed by atoms with Gasteiger partial charge in [-0.25, -0.2) is 0 Å². The first-order chi connectivity index (χ1) is 2.45. The second-order valence-corrected chi connectivity index (χ2v) is 1.53. The Bertz CT molecular complexity index is 40.4. The molecule has 5 heavy (non-hydrogen) atoms. The number of hydrogen-bond acceptors (Lipinski definition) is 1. The van der Waals surface area contributed by atoms with Crippen molar-refractivity contribution in [1.29, 1.82) is 0 Å². The predicted octanol–water partition coefficient (Wildman–Crippen LogP) is 0.874. The molecule has 3 fully saturated rings. The fraction of sp³-hybridized carbons (Fsp3) is 0.500. The SMILES string of the molecule is C1[C]2C[C]1O2. The smallest absolute Gasteiger partial charge is 0.104 e. The van der Waals surface area contributed by atoms with Crippen LogP contribution in [0.1, 0.15) is 12.8 Å². The number of hydrogen-bond donors (Lipinski definition) is 0. The van der Waals surface area contributed by atoms with Gasteiger partial charge in [-0.05, 0) is 0 Å². The van der Waals surface area contributed by atoms with Crippen molar-refractivity contribution in [1.82, 2.24) is 0 Å². The van der Waals surface area contributed by atoms with Gasteiger partial charge in [0.2, 0.25) is 0 Å². The lowest BCUT2D eigenvalue weighted by atomic mass is 9.84. The van der Waals surface area contributed by atoms with E-state index in [0.29, 0.717) is 0 Å². The summed E-state index contributed by atoms with van der Waals surface area (Å²) in [7, 11) is 0. The molecule has 0 atom stereocenters. The summed E-state index contributed by atoms with van der Waals surface area (Å²) in [6.45, 7) is 0. The Morgan fingerprint density at radius 2 is 1.40 bits per heavy atom. The van der Waals surface area contributed by atoms with Crippen LogP contribution in [0.25, 0.3) is 0 Å². The summed E-state index contributed by atoms with van der Waals surface area (Å²) < 4.78 is 4.86. The van der Waals surface area contributed by atoms with Crippen LogP contribution >= 0.6 is 0 Å². The summed E-state index contributed by atoms with van der Waals surface area (Å²) in [5, 5.41) is 0. The van der Waals surface area contributed by atoms with Crippen molar-refractivity contribution in [2.45, 2.75) is 12.8 Å². The minimum absolute atomic E-state index is 1.19. The summed E-state index contributed by atoms with van der Waals surface area (Å²) >= 11 is 0. The van der Waals surface area contributed by atoms with E-state index < -0.39 is 0 Å². The molecule has 1 heteroatoms. The average molecular weight is 68.1 g/mol. The second-order valence-electron chi connectivity index (χ2n) is 1.53. The van der Waals surface area contributed by atoms with Gasteiger partial charge >= 0.3 is 0 Å². The van der Waals surface area contributed by atoms with Crippen molar-refractivity contribution in [2.75, 3.05) is 0 Å². The molecule has 26 valence electrons. The predicted molar refractivity (Wildman–Crippen MR) is 16.8 cm³/mol. The van der Waals surface area contributed by atoms with Gasteiger partial charge in [-0.1, -0.05) is 0 Å². The van der Waals surface area contributed by atoms with Crippen LogP contribution in [0.3, 0.4) is 0 Å². The van der Waals surface area contributed by atoms with Crippen molar-refractivity contribution in [3.8, 4) is 0 Å². The molecule has 3 aliphatic rings. The summed E-state index contributed by atoms with van der Waals surface area (Å²) in [6.07, 6.45) is 4.97. The van der Waals surface area contributed by atoms with Crippen molar-refractivity contribution in [3.63, 3.8) is 0 Å². The molecule has 1 aliphatic carbocycles. The molecule has 3 rings (SSSR count). The first kappa shape index (κ1) is 2.19. The molecule has 0 spiro atoms. The lowest BCUT2D eigenvalue weighted by Gasteiger charge is -2.46. The Kier molecular flexibility index (Phi) is 0.189. The minimum Gasteiger partial charge on any atom is -0.362 e. The number of rotatable bonds is 0. The summed E-state index contributed by atoms with van der Waals surface area (Å²) in [5.41, 5.74) is 0. The molecule has 0 aromatic heterocycles. The maximum absolute atomic E-state index is 4.86. The van der Waals surface area contributed by atoms with Crippen LogP contribution in [0.2, 0.25) is 0 Å². The molecule has 0 N–H and O–H groups in total. The highest BCUT2D eigenvalue weighted by molar-refractivity contribution is 5.21. The molecule has 0 amide bonds. The molecule has 2 heterocycles. The normalized spacial score (nSPS) is 36.0. The zero-order valence-corrected chi connectivity index (χ0v) is 2.82. The van der Waals surface area contributed by atoms with Crippen molar-refractivity contribution in [2.24, 2.45) is 0 Å². The third-order valence-corrected chi connectivity index (χ3v) is 1.08. The van der Waals surface area contributed by atoms with Crippen LogP contribution in [0.4, 0.5) is 0 Å².